The van der Waals surface area contributed by atoms with Gasteiger partial charge in [0.25, 0.3) is 5.91 Å². The van der Waals surface area contributed by atoms with Gasteiger partial charge in [-0.05, 0) is 24.8 Å². The molecule has 1 aromatic heterocycles. The lowest BCUT2D eigenvalue weighted by Gasteiger charge is -2.47. The molecule has 2 saturated heterocycles. The molecule has 6 nitrogen and oxygen atoms in total. The number of hydrogen-bond donors (Lipinski definition) is 1. The van der Waals surface area contributed by atoms with E-state index >= 15 is 0 Å². The molecule has 2 aliphatic heterocycles. The number of thiazole rings is 1. The van der Waals surface area contributed by atoms with Crippen molar-refractivity contribution in [1.29, 1.82) is 0 Å². The lowest BCUT2D eigenvalue weighted by Crippen LogP contribution is -2.58. The van der Waals surface area contributed by atoms with Gasteiger partial charge in [0, 0.05) is 49.6 Å². The second-order valence-corrected chi connectivity index (χ2v) is 10.0. The van der Waals surface area contributed by atoms with Gasteiger partial charge in [-0.1, -0.05) is 32.0 Å². The van der Waals surface area contributed by atoms with E-state index in [2.05, 4.69) is 23.7 Å². The Hall–Kier alpha value is -1.87. The van der Waals surface area contributed by atoms with Gasteiger partial charge < -0.3 is 14.7 Å². The normalized spacial score (nSPS) is 19.1. The number of carbonyl (C=O) groups is 1. The van der Waals surface area contributed by atoms with Gasteiger partial charge in [-0.2, -0.15) is 0 Å². The molecule has 2 aromatic rings. The van der Waals surface area contributed by atoms with Crippen molar-refractivity contribution in [2.45, 2.75) is 51.2 Å². The number of piperidine rings is 1. The molecule has 1 amide bonds. The van der Waals surface area contributed by atoms with Crippen molar-refractivity contribution in [2.75, 3.05) is 39.4 Å². The minimum atomic E-state index is -0.335. The molecule has 0 radical (unpaired) electrons. The first kappa shape index (κ1) is 23.3. The summed E-state index contributed by atoms with van der Waals surface area (Å²) in [6.45, 7) is 7.93. The number of amides is 1. The Bertz CT molecular complexity index is 940. The number of rotatable bonds is 6. The molecule has 2 fully saturated rings. The van der Waals surface area contributed by atoms with E-state index in [4.69, 9.17) is 9.84 Å². The molecule has 0 unspecified atom stereocenters. The van der Waals surface area contributed by atoms with Crippen LogP contribution in [0.15, 0.2) is 23.6 Å². The van der Waals surface area contributed by atoms with Crippen LogP contribution in [-0.2, 0) is 17.7 Å². The maximum absolute atomic E-state index is 14.7. The number of likely N-dealkylation sites (tertiary alicyclic amines) is 1. The molecular weight excluding hydrogens is 429 g/mol. The monoisotopic (exact) mass is 461 g/mol. The molecule has 0 aliphatic carbocycles. The van der Waals surface area contributed by atoms with Gasteiger partial charge in [0.15, 0.2) is 0 Å². The third kappa shape index (κ3) is 5.03. The summed E-state index contributed by atoms with van der Waals surface area (Å²) in [7, 11) is 0. The molecule has 1 N–H and O–H groups in total. The van der Waals surface area contributed by atoms with Crippen LogP contribution in [0.3, 0.4) is 0 Å². The molecule has 0 atom stereocenters. The highest BCUT2D eigenvalue weighted by molar-refractivity contribution is 7.09. The summed E-state index contributed by atoms with van der Waals surface area (Å²) >= 11 is 1.54. The van der Waals surface area contributed by atoms with Crippen molar-refractivity contribution in [1.82, 2.24) is 14.8 Å². The molecule has 174 valence electrons. The molecule has 1 aromatic carbocycles. The number of ether oxygens (including phenoxy) is 1. The highest BCUT2D eigenvalue weighted by Gasteiger charge is 2.41. The average molecular weight is 462 g/mol. The van der Waals surface area contributed by atoms with E-state index in [-0.39, 0.29) is 23.9 Å². The summed E-state index contributed by atoms with van der Waals surface area (Å²) in [6.07, 6.45) is 1.95. The van der Waals surface area contributed by atoms with Crippen molar-refractivity contribution in [3.63, 3.8) is 0 Å². The van der Waals surface area contributed by atoms with Gasteiger partial charge in [-0.15, -0.1) is 11.3 Å². The standard InChI is InChI=1S/C24H32FN3O3S/c1-17(2)22-26-20(15-32-22)23(30)28-11-13-31-24(16-28)7-9-27(10-8-24)14-19-5-3-4-18(6-12-29)21(19)25/h3-5,15,17,29H,6-14,16H2,1-2H3. The number of nitrogens with zero attached hydrogens (tertiary/aromatic N) is 3. The van der Waals surface area contributed by atoms with Crippen LogP contribution in [-0.4, -0.2) is 70.8 Å². The number of benzene rings is 1. The fourth-order valence-electron chi connectivity index (χ4n) is 4.56. The minimum absolute atomic E-state index is 0.0129. The van der Waals surface area contributed by atoms with Crippen molar-refractivity contribution < 1.29 is 19.0 Å². The van der Waals surface area contributed by atoms with Crippen LogP contribution >= 0.6 is 11.3 Å². The third-order valence-corrected chi connectivity index (χ3v) is 7.62. The van der Waals surface area contributed by atoms with E-state index in [9.17, 15) is 9.18 Å². The van der Waals surface area contributed by atoms with Crippen LogP contribution in [0.1, 0.15) is 59.2 Å². The number of aliphatic hydroxyl groups is 1. The van der Waals surface area contributed by atoms with Crippen molar-refractivity contribution >= 4 is 17.2 Å². The molecule has 2 aliphatic rings. The van der Waals surface area contributed by atoms with E-state index in [1.807, 2.05) is 22.4 Å². The second-order valence-electron chi connectivity index (χ2n) is 9.12. The average Bonchev–Trinajstić information content (AvgIpc) is 3.29. The summed E-state index contributed by atoms with van der Waals surface area (Å²) in [4.78, 5) is 21.7. The second kappa shape index (κ2) is 9.95. The quantitative estimate of drug-likeness (QED) is 0.714. The Morgan fingerprint density at radius 3 is 2.72 bits per heavy atom. The van der Waals surface area contributed by atoms with Crippen molar-refractivity contribution in [2.24, 2.45) is 0 Å². The SMILES string of the molecule is CC(C)c1nc(C(=O)N2CCOC3(CCN(Cc4cccc(CCO)c4F)CC3)C2)cs1. The van der Waals surface area contributed by atoms with Gasteiger partial charge in [0.1, 0.15) is 11.5 Å². The summed E-state index contributed by atoms with van der Waals surface area (Å²) < 4.78 is 20.9. The summed E-state index contributed by atoms with van der Waals surface area (Å²) in [6, 6.07) is 5.40. The Morgan fingerprint density at radius 2 is 2.03 bits per heavy atom. The molecule has 4 rings (SSSR count). The van der Waals surface area contributed by atoms with E-state index in [0.717, 1.165) is 30.9 Å². The van der Waals surface area contributed by atoms with Crippen LogP contribution < -0.4 is 0 Å². The fourth-order valence-corrected chi connectivity index (χ4v) is 5.37. The number of aliphatic hydroxyl groups excluding tert-OH is 1. The summed E-state index contributed by atoms with van der Waals surface area (Å²) in [5.74, 6) is 0.0913. The summed E-state index contributed by atoms with van der Waals surface area (Å²) in [5, 5.41) is 12.0. The predicted octanol–water partition coefficient (Wildman–Crippen LogP) is 3.45. The summed E-state index contributed by atoms with van der Waals surface area (Å²) in [5.41, 5.74) is 1.42. The largest absolute Gasteiger partial charge is 0.396 e. The van der Waals surface area contributed by atoms with Crippen molar-refractivity contribution in [3.8, 4) is 0 Å². The number of carbonyl (C=O) groups excluding carboxylic acids is 1. The lowest BCUT2D eigenvalue weighted by atomic mass is 9.89. The molecule has 1 spiro atoms. The van der Waals surface area contributed by atoms with Gasteiger partial charge in [-0.3, -0.25) is 9.69 Å². The van der Waals surface area contributed by atoms with E-state index in [1.165, 1.54) is 0 Å². The van der Waals surface area contributed by atoms with E-state index < -0.39 is 0 Å². The maximum Gasteiger partial charge on any atom is 0.273 e. The minimum Gasteiger partial charge on any atom is -0.396 e. The fraction of sp³-hybridized carbons (Fsp3) is 0.583. The van der Waals surface area contributed by atoms with Gasteiger partial charge in [0.05, 0.1) is 23.8 Å². The zero-order chi connectivity index (χ0) is 22.7. The van der Waals surface area contributed by atoms with Crippen molar-refractivity contribution in [3.05, 3.63) is 51.2 Å². The Kier molecular flexibility index (Phi) is 7.24. The first-order valence-corrected chi connectivity index (χ1v) is 12.3. The molecule has 0 bridgehead atoms. The first-order chi connectivity index (χ1) is 15.4. The van der Waals surface area contributed by atoms with E-state index in [0.29, 0.717) is 55.4 Å². The predicted molar refractivity (Wildman–Crippen MR) is 122 cm³/mol. The number of halogens is 1. The van der Waals surface area contributed by atoms with Gasteiger partial charge >= 0.3 is 0 Å². The van der Waals surface area contributed by atoms with Gasteiger partial charge in [0.2, 0.25) is 0 Å². The molecule has 8 heteroatoms. The van der Waals surface area contributed by atoms with Crippen LogP contribution in [0, 0.1) is 5.82 Å². The molecule has 32 heavy (non-hydrogen) atoms. The molecule has 0 saturated carbocycles. The molecular formula is C24H32FN3O3S. The van der Waals surface area contributed by atoms with E-state index in [1.54, 1.807) is 17.4 Å². The van der Waals surface area contributed by atoms with Crippen LogP contribution in [0.5, 0.6) is 0 Å². The number of morpholine rings is 1. The first-order valence-electron chi connectivity index (χ1n) is 11.4. The lowest BCUT2D eigenvalue weighted by molar-refractivity contribution is -0.128. The third-order valence-electron chi connectivity index (χ3n) is 6.47. The zero-order valence-electron chi connectivity index (χ0n) is 18.8. The van der Waals surface area contributed by atoms with Gasteiger partial charge in [-0.25, -0.2) is 9.37 Å². The van der Waals surface area contributed by atoms with Crippen LogP contribution in [0.2, 0.25) is 0 Å². The number of hydrogen-bond acceptors (Lipinski definition) is 6. The Morgan fingerprint density at radius 1 is 1.28 bits per heavy atom. The topological polar surface area (TPSA) is 65.9 Å². The van der Waals surface area contributed by atoms with Crippen LogP contribution in [0.25, 0.3) is 0 Å². The van der Waals surface area contributed by atoms with Crippen LogP contribution in [0.4, 0.5) is 4.39 Å². The highest BCUT2D eigenvalue weighted by Crippen LogP contribution is 2.32. The smallest absolute Gasteiger partial charge is 0.273 e. The highest BCUT2D eigenvalue weighted by atomic mass is 32.1. The molecule has 3 heterocycles. The maximum atomic E-state index is 14.7. The zero-order valence-corrected chi connectivity index (χ0v) is 19.7. The Balaban J connectivity index is 1.36. The Labute approximate surface area is 193 Å². The number of aromatic nitrogens is 1.